The fourth-order valence-corrected chi connectivity index (χ4v) is 3.60. The van der Waals surface area contributed by atoms with Crippen molar-refractivity contribution in [2.45, 2.75) is 39.7 Å². The summed E-state index contributed by atoms with van der Waals surface area (Å²) in [6, 6.07) is 0. The zero-order valence-corrected chi connectivity index (χ0v) is 11.3. The Morgan fingerprint density at radius 3 is 2.50 bits per heavy atom. The van der Waals surface area contributed by atoms with Crippen molar-refractivity contribution in [3.8, 4) is 0 Å². The molecule has 18 heavy (non-hydrogen) atoms. The Kier molecular flexibility index (Phi) is 3.09. The van der Waals surface area contributed by atoms with Crippen LogP contribution in [0.4, 0.5) is 0 Å². The molecule has 0 spiro atoms. The number of carbonyl (C=O) groups is 2. The molecule has 2 rings (SSSR count). The van der Waals surface area contributed by atoms with Crippen LogP contribution in [-0.4, -0.2) is 29.9 Å². The minimum Gasteiger partial charge on any atom is -0.493 e. The first-order chi connectivity index (χ1) is 8.35. The molecule has 4 atom stereocenters. The van der Waals surface area contributed by atoms with Crippen molar-refractivity contribution >= 4 is 11.6 Å². The van der Waals surface area contributed by atoms with Crippen molar-refractivity contribution in [3.05, 3.63) is 11.3 Å². The summed E-state index contributed by atoms with van der Waals surface area (Å²) in [5.41, 5.74) is -0.643. The van der Waals surface area contributed by atoms with Crippen LogP contribution in [0.3, 0.4) is 0 Å². The highest BCUT2D eigenvalue weighted by atomic mass is 16.5. The summed E-state index contributed by atoms with van der Waals surface area (Å²) in [6.07, 6.45) is 0.586. The van der Waals surface area contributed by atoms with E-state index in [2.05, 4.69) is 0 Å². The highest BCUT2D eigenvalue weighted by molar-refractivity contribution is 6.14. The second-order valence-corrected chi connectivity index (χ2v) is 5.68. The van der Waals surface area contributed by atoms with E-state index in [4.69, 9.17) is 4.74 Å². The molecule has 0 radical (unpaired) electrons. The van der Waals surface area contributed by atoms with Gasteiger partial charge < -0.3 is 9.84 Å². The van der Waals surface area contributed by atoms with E-state index in [0.29, 0.717) is 12.0 Å². The van der Waals surface area contributed by atoms with Crippen molar-refractivity contribution in [1.82, 2.24) is 0 Å². The van der Waals surface area contributed by atoms with Crippen molar-refractivity contribution < 1.29 is 19.4 Å². The van der Waals surface area contributed by atoms with Crippen LogP contribution < -0.4 is 0 Å². The molecule has 0 aromatic carbocycles. The maximum absolute atomic E-state index is 12.5. The molecule has 1 N–H and O–H groups in total. The molecule has 2 aliphatic carbocycles. The maximum Gasteiger partial charge on any atom is 0.202 e. The van der Waals surface area contributed by atoms with Gasteiger partial charge in [-0.15, -0.1) is 0 Å². The number of rotatable bonds is 1. The third-order valence-electron chi connectivity index (χ3n) is 4.68. The first-order valence-corrected chi connectivity index (χ1v) is 6.37. The summed E-state index contributed by atoms with van der Waals surface area (Å²) < 4.78 is 5.09. The highest BCUT2D eigenvalue weighted by Gasteiger charge is 2.58. The van der Waals surface area contributed by atoms with Gasteiger partial charge in [-0.2, -0.15) is 0 Å². The Balaban J connectivity index is 2.60. The molecule has 0 saturated heterocycles. The molecular formula is C14H20O4. The third-order valence-corrected chi connectivity index (χ3v) is 4.68. The van der Waals surface area contributed by atoms with E-state index in [1.165, 1.54) is 7.11 Å². The van der Waals surface area contributed by atoms with Crippen molar-refractivity contribution in [2.24, 2.45) is 17.3 Å². The Morgan fingerprint density at radius 1 is 1.33 bits per heavy atom. The normalized spacial score (nSPS) is 40.8. The van der Waals surface area contributed by atoms with Crippen LogP contribution in [0.25, 0.3) is 0 Å². The molecule has 0 heterocycles. The molecule has 1 fully saturated rings. The van der Waals surface area contributed by atoms with Crippen LogP contribution in [0.2, 0.25) is 0 Å². The van der Waals surface area contributed by atoms with E-state index < -0.39 is 17.4 Å². The molecule has 100 valence electrons. The predicted molar refractivity (Wildman–Crippen MR) is 65.7 cm³/mol. The third kappa shape index (κ3) is 1.48. The number of hydrogen-bond donors (Lipinski definition) is 1. The zero-order chi connectivity index (χ0) is 13.7. The lowest BCUT2D eigenvalue weighted by Gasteiger charge is -2.48. The summed E-state index contributed by atoms with van der Waals surface area (Å²) in [6.45, 7) is 5.29. The number of allylic oxidation sites excluding steroid dienone is 2. The van der Waals surface area contributed by atoms with Gasteiger partial charge >= 0.3 is 0 Å². The number of hydrogen-bond acceptors (Lipinski definition) is 4. The van der Waals surface area contributed by atoms with Crippen LogP contribution in [0.1, 0.15) is 33.6 Å². The highest BCUT2D eigenvalue weighted by Crippen LogP contribution is 2.50. The largest absolute Gasteiger partial charge is 0.493 e. The lowest BCUT2D eigenvalue weighted by Crippen LogP contribution is -2.57. The van der Waals surface area contributed by atoms with E-state index in [1.807, 2.05) is 6.92 Å². The number of methoxy groups -OCH3 is 1. The van der Waals surface area contributed by atoms with E-state index in [9.17, 15) is 14.7 Å². The van der Waals surface area contributed by atoms with Gasteiger partial charge in [-0.3, -0.25) is 9.59 Å². The molecule has 1 saturated carbocycles. The second-order valence-electron chi connectivity index (χ2n) is 5.68. The molecule has 0 aliphatic heterocycles. The number of carbonyl (C=O) groups excluding carboxylic acids is 2. The van der Waals surface area contributed by atoms with Gasteiger partial charge in [0.25, 0.3) is 0 Å². The molecule has 4 heteroatoms. The summed E-state index contributed by atoms with van der Waals surface area (Å²) >= 11 is 0. The molecule has 0 unspecified atom stereocenters. The van der Waals surface area contributed by atoms with Crippen LogP contribution >= 0.6 is 0 Å². The van der Waals surface area contributed by atoms with Gasteiger partial charge in [0.15, 0.2) is 11.5 Å². The van der Waals surface area contributed by atoms with Crippen molar-refractivity contribution in [2.75, 3.05) is 7.11 Å². The van der Waals surface area contributed by atoms with Crippen LogP contribution in [-0.2, 0) is 14.3 Å². The molecule has 0 aromatic rings. The summed E-state index contributed by atoms with van der Waals surface area (Å²) in [5.74, 6) is -0.490. The summed E-state index contributed by atoms with van der Waals surface area (Å²) in [7, 11) is 1.41. The Labute approximate surface area is 107 Å². The average molecular weight is 252 g/mol. The Hall–Kier alpha value is -1.16. The number of aliphatic hydroxyl groups excluding tert-OH is 1. The van der Waals surface area contributed by atoms with Crippen LogP contribution in [0.5, 0.6) is 0 Å². The first-order valence-electron chi connectivity index (χ1n) is 6.37. The second kappa shape index (κ2) is 4.19. The monoisotopic (exact) mass is 252 g/mol. The molecule has 0 bridgehead atoms. The van der Waals surface area contributed by atoms with Gasteiger partial charge in [-0.1, -0.05) is 6.92 Å². The number of ketones is 2. The average Bonchev–Trinajstić information content (AvgIpc) is 2.32. The minimum atomic E-state index is -0.985. The summed E-state index contributed by atoms with van der Waals surface area (Å²) in [4.78, 5) is 25.0. The predicted octanol–water partition coefficient (Wildman–Crippen LogP) is 1.47. The molecule has 0 aromatic heterocycles. The van der Waals surface area contributed by atoms with Crippen LogP contribution in [0.15, 0.2) is 11.3 Å². The molecule has 4 nitrogen and oxygen atoms in total. The lowest BCUT2D eigenvalue weighted by atomic mass is 9.55. The zero-order valence-electron chi connectivity index (χ0n) is 11.3. The Morgan fingerprint density at radius 2 is 1.94 bits per heavy atom. The van der Waals surface area contributed by atoms with Crippen molar-refractivity contribution in [3.63, 3.8) is 0 Å². The van der Waals surface area contributed by atoms with Gasteiger partial charge in [-0.05, 0) is 32.6 Å². The van der Waals surface area contributed by atoms with Gasteiger partial charge in [0.05, 0.1) is 18.6 Å². The fraction of sp³-hybridized carbons (Fsp3) is 0.714. The molecular weight excluding hydrogens is 232 g/mol. The van der Waals surface area contributed by atoms with Gasteiger partial charge in [0.1, 0.15) is 0 Å². The van der Waals surface area contributed by atoms with Crippen molar-refractivity contribution in [1.29, 1.82) is 0 Å². The van der Waals surface area contributed by atoms with E-state index in [-0.39, 0.29) is 23.2 Å². The van der Waals surface area contributed by atoms with Gasteiger partial charge in [0.2, 0.25) is 5.78 Å². The number of fused-ring (bicyclic) bond motifs is 1. The van der Waals surface area contributed by atoms with E-state index in [1.54, 1.807) is 13.8 Å². The van der Waals surface area contributed by atoms with Gasteiger partial charge in [-0.25, -0.2) is 0 Å². The minimum absolute atomic E-state index is 0.0908. The van der Waals surface area contributed by atoms with Gasteiger partial charge in [0, 0.05) is 11.5 Å². The number of aliphatic hydroxyl groups is 1. The number of ether oxygens (including phenoxy) is 1. The smallest absolute Gasteiger partial charge is 0.202 e. The quantitative estimate of drug-likeness (QED) is 0.767. The van der Waals surface area contributed by atoms with Crippen LogP contribution in [0, 0.1) is 17.3 Å². The molecule has 2 aliphatic rings. The fourth-order valence-electron chi connectivity index (χ4n) is 3.60. The van der Waals surface area contributed by atoms with E-state index in [0.717, 1.165) is 6.42 Å². The first kappa shape index (κ1) is 13.3. The Bertz CT molecular complexity index is 437. The van der Waals surface area contributed by atoms with E-state index >= 15 is 0 Å². The maximum atomic E-state index is 12.5. The summed E-state index contributed by atoms with van der Waals surface area (Å²) in [5, 5.41) is 10.2. The standard InChI is InChI=1S/C14H20O4/c1-7-5-6-9(15)14(3)10(7)11(16)12(18-4)8(2)13(14)17/h7,9-10,15H,5-6H2,1-4H3/t7-,9+,10-,14+/m1/s1. The lowest BCUT2D eigenvalue weighted by molar-refractivity contribution is -0.156. The SMILES string of the molecule is COC1=C(C)C(=O)[C@@]2(C)[C@@H](O)CC[C@@H](C)[C@@H]2C1=O. The molecule has 0 amide bonds. The number of Topliss-reactive ketones (excluding diaryl/α,β-unsaturated/α-hetero) is 2. The topological polar surface area (TPSA) is 63.6 Å².